The van der Waals surface area contributed by atoms with Crippen LogP contribution in [0.15, 0.2) is 47.4 Å². The Morgan fingerprint density at radius 3 is 2.70 bits per heavy atom. The number of nitrogens with zero attached hydrogens (tertiary/aromatic N) is 1. The maximum atomic E-state index is 12.0. The zero-order valence-electron chi connectivity index (χ0n) is 12.4. The molecule has 1 saturated heterocycles. The van der Waals surface area contributed by atoms with Gasteiger partial charge in [0.15, 0.2) is 5.54 Å². The van der Waals surface area contributed by atoms with Crippen LogP contribution in [0.2, 0.25) is 0 Å². The van der Waals surface area contributed by atoms with Crippen molar-refractivity contribution >= 4 is 17.6 Å². The summed E-state index contributed by atoms with van der Waals surface area (Å²) >= 11 is 0. The van der Waals surface area contributed by atoms with Crippen molar-refractivity contribution in [3.63, 3.8) is 0 Å². The van der Waals surface area contributed by atoms with Crippen molar-refractivity contribution in [2.24, 2.45) is 5.73 Å². The minimum absolute atomic E-state index is 0.234. The first-order valence-corrected chi connectivity index (χ1v) is 6.97. The number of anilines is 1. The molecule has 1 aliphatic rings. The minimum Gasteiger partial charge on any atom is -0.461 e. The third-order valence-corrected chi connectivity index (χ3v) is 3.68. The van der Waals surface area contributed by atoms with Gasteiger partial charge in [-0.25, -0.2) is 4.79 Å². The van der Waals surface area contributed by atoms with Gasteiger partial charge in [-0.2, -0.15) is 0 Å². The maximum Gasteiger partial charge on any atom is 0.335 e. The van der Waals surface area contributed by atoms with Gasteiger partial charge in [0.1, 0.15) is 6.61 Å². The molecule has 7 heteroatoms. The molecule has 0 aliphatic carbocycles. The SMILES string of the molecule is CC1(Nc2cccc(-n3cc(C(N)=O)ccc3=O)c2)COC1=O. The van der Waals surface area contributed by atoms with Crippen molar-refractivity contribution in [1.82, 2.24) is 4.57 Å². The molecule has 0 spiro atoms. The second kappa shape index (κ2) is 5.28. The van der Waals surface area contributed by atoms with Gasteiger partial charge in [0.25, 0.3) is 5.56 Å². The summed E-state index contributed by atoms with van der Waals surface area (Å²) in [5.74, 6) is -0.937. The highest BCUT2D eigenvalue weighted by molar-refractivity contribution is 5.92. The van der Waals surface area contributed by atoms with Gasteiger partial charge < -0.3 is 15.8 Å². The van der Waals surface area contributed by atoms with Gasteiger partial charge in [-0.1, -0.05) is 6.07 Å². The Hall–Kier alpha value is -3.09. The summed E-state index contributed by atoms with van der Waals surface area (Å²) < 4.78 is 6.11. The molecule has 1 atom stereocenters. The summed E-state index contributed by atoms with van der Waals surface area (Å²) in [4.78, 5) is 34.8. The summed E-state index contributed by atoms with van der Waals surface area (Å²) in [6.07, 6.45) is 1.39. The number of amides is 1. The molecule has 0 radical (unpaired) electrons. The predicted molar refractivity (Wildman–Crippen MR) is 83.5 cm³/mol. The maximum absolute atomic E-state index is 12.0. The van der Waals surface area contributed by atoms with Gasteiger partial charge in [-0.3, -0.25) is 14.2 Å². The molecule has 1 fully saturated rings. The standard InChI is InChI=1S/C16H15N3O4/c1-16(9-23-15(16)22)18-11-3-2-4-12(7-11)19-8-10(14(17)21)5-6-13(19)20/h2-8,18H,9H2,1H3,(H2,17,21). The summed E-state index contributed by atoms with van der Waals surface area (Å²) in [6, 6.07) is 9.62. The van der Waals surface area contributed by atoms with Crippen LogP contribution in [0.4, 0.5) is 5.69 Å². The molecule has 0 bridgehead atoms. The Bertz CT molecular complexity index is 858. The Labute approximate surface area is 131 Å². The van der Waals surface area contributed by atoms with E-state index in [1.807, 2.05) is 0 Å². The topological polar surface area (TPSA) is 103 Å². The molecule has 1 unspecified atom stereocenters. The average Bonchev–Trinajstić information content (AvgIpc) is 2.53. The second-order valence-corrected chi connectivity index (χ2v) is 5.57. The van der Waals surface area contributed by atoms with E-state index in [0.717, 1.165) is 0 Å². The number of carbonyl (C=O) groups excluding carboxylic acids is 2. The lowest BCUT2D eigenvalue weighted by molar-refractivity contribution is -0.168. The van der Waals surface area contributed by atoms with E-state index < -0.39 is 11.4 Å². The number of esters is 1. The highest BCUT2D eigenvalue weighted by Gasteiger charge is 2.44. The van der Waals surface area contributed by atoms with Crippen LogP contribution in [0.3, 0.4) is 0 Å². The fourth-order valence-corrected chi connectivity index (χ4v) is 2.32. The number of cyclic esters (lactones) is 1. The van der Waals surface area contributed by atoms with Crippen molar-refractivity contribution < 1.29 is 14.3 Å². The number of carbonyl (C=O) groups is 2. The highest BCUT2D eigenvalue weighted by atomic mass is 16.6. The smallest absolute Gasteiger partial charge is 0.335 e. The molecule has 2 heterocycles. The molecule has 1 aliphatic heterocycles. The number of nitrogens with one attached hydrogen (secondary N) is 1. The Balaban J connectivity index is 1.97. The molecule has 3 N–H and O–H groups in total. The van der Waals surface area contributed by atoms with Crippen LogP contribution in [0.1, 0.15) is 17.3 Å². The third kappa shape index (κ3) is 2.68. The number of nitrogens with two attached hydrogens (primary N) is 1. The van der Waals surface area contributed by atoms with E-state index in [4.69, 9.17) is 10.5 Å². The zero-order chi connectivity index (χ0) is 16.6. The summed E-state index contributed by atoms with van der Waals surface area (Å²) in [7, 11) is 0. The second-order valence-electron chi connectivity index (χ2n) is 5.57. The molecule has 1 amide bonds. The van der Waals surface area contributed by atoms with Crippen LogP contribution >= 0.6 is 0 Å². The Morgan fingerprint density at radius 2 is 2.09 bits per heavy atom. The lowest BCUT2D eigenvalue weighted by Crippen LogP contribution is -2.58. The summed E-state index contributed by atoms with van der Waals surface area (Å²) in [6.45, 7) is 2.03. The first-order chi connectivity index (χ1) is 10.9. The van der Waals surface area contributed by atoms with E-state index in [2.05, 4.69) is 5.32 Å². The molecule has 23 heavy (non-hydrogen) atoms. The van der Waals surface area contributed by atoms with E-state index >= 15 is 0 Å². The minimum atomic E-state index is -0.765. The molecule has 1 aromatic carbocycles. The van der Waals surface area contributed by atoms with E-state index in [-0.39, 0.29) is 23.7 Å². The van der Waals surface area contributed by atoms with Crippen LogP contribution in [0.25, 0.3) is 5.69 Å². The van der Waals surface area contributed by atoms with Crippen LogP contribution in [-0.2, 0) is 9.53 Å². The van der Waals surface area contributed by atoms with Crippen molar-refractivity contribution in [3.8, 4) is 5.69 Å². The monoisotopic (exact) mass is 313 g/mol. The van der Waals surface area contributed by atoms with E-state index in [9.17, 15) is 14.4 Å². The zero-order valence-corrected chi connectivity index (χ0v) is 12.4. The molecule has 7 nitrogen and oxygen atoms in total. The van der Waals surface area contributed by atoms with Crippen LogP contribution in [0, 0.1) is 0 Å². The van der Waals surface area contributed by atoms with Gasteiger partial charge >= 0.3 is 5.97 Å². The third-order valence-electron chi connectivity index (χ3n) is 3.68. The number of aromatic nitrogens is 1. The van der Waals surface area contributed by atoms with Crippen molar-refractivity contribution in [2.75, 3.05) is 11.9 Å². The average molecular weight is 313 g/mol. The van der Waals surface area contributed by atoms with Crippen molar-refractivity contribution in [2.45, 2.75) is 12.5 Å². The first-order valence-electron chi connectivity index (χ1n) is 6.97. The lowest BCUT2D eigenvalue weighted by atomic mass is 9.99. The van der Waals surface area contributed by atoms with Gasteiger partial charge in [0.05, 0.1) is 11.3 Å². The largest absolute Gasteiger partial charge is 0.461 e. The quantitative estimate of drug-likeness (QED) is 0.807. The van der Waals surface area contributed by atoms with Crippen LogP contribution < -0.4 is 16.6 Å². The number of hydrogen-bond donors (Lipinski definition) is 2. The van der Waals surface area contributed by atoms with E-state index in [1.165, 1.54) is 22.9 Å². The molecule has 2 aromatic rings. The van der Waals surface area contributed by atoms with Gasteiger partial charge in [0.2, 0.25) is 5.91 Å². The lowest BCUT2D eigenvalue weighted by Gasteiger charge is -2.37. The molecule has 1 aromatic heterocycles. The van der Waals surface area contributed by atoms with Gasteiger partial charge in [-0.05, 0) is 31.2 Å². The highest BCUT2D eigenvalue weighted by Crippen LogP contribution is 2.25. The molecular weight excluding hydrogens is 298 g/mol. The fourth-order valence-electron chi connectivity index (χ4n) is 2.32. The van der Waals surface area contributed by atoms with Crippen LogP contribution in [0.5, 0.6) is 0 Å². The summed E-state index contributed by atoms with van der Waals surface area (Å²) in [5.41, 5.74) is 5.64. The number of benzene rings is 1. The number of pyridine rings is 1. The van der Waals surface area contributed by atoms with Gasteiger partial charge in [-0.15, -0.1) is 0 Å². The summed E-state index contributed by atoms with van der Waals surface area (Å²) in [5, 5.41) is 3.09. The van der Waals surface area contributed by atoms with E-state index in [0.29, 0.717) is 11.4 Å². The van der Waals surface area contributed by atoms with Crippen LogP contribution in [-0.4, -0.2) is 28.6 Å². The van der Waals surface area contributed by atoms with Gasteiger partial charge in [0, 0.05) is 18.0 Å². The van der Waals surface area contributed by atoms with E-state index in [1.54, 1.807) is 31.2 Å². The molecule has 3 rings (SSSR count). The fraction of sp³-hybridized carbons (Fsp3) is 0.188. The Kier molecular flexibility index (Phi) is 3.40. The number of rotatable bonds is 4. The molecule has 118 valence electrons. The molecular formula is C16H15N3O4. The Morgan fingerprint density at radius 1 is 1.30 bits per heavy atom. The first kappa shape index (κ1) is 14.8. The molecule has 0 saturated carbocycles. The predicted octanol–water partition coefficient (Wildman–Crippen LogP) is 0.664. The number of primary amides is 1. The normalized spacial score (nSPS) is 19.6. The number of ether oxygens (including phenoxy) is 1. The van der Waals surface area contributed by atoms with Crippen molar-refractivity contribution in [3.05, 3.63) is 58.5 Å². The number of hydrogen-bond acceptors (Lipinski definition) is 5. The van der Waals surface area contributed by atoms with Crippen molar-refractivity contribution in [1.29, 1.82) is 0 Å².